The van der Waals surface area contributed by atoms with Gasteiger partial charge in [-0.15, -0.1) is 0 Å². The minimum absolute atomic E-state index is 0.0570. The maximum Gasteiger partial charge on any atom is 0.319 e. The molecule has 1 aliphatic rings. The van der Waals surface area contributed by atoms with Gasteiger partial charge in [0.1, 0.15) is 5.82 Å². The highest BCUT2D eigenvalue weighted by Gasteiger charge is 2.21. The van der Waals surface area contributed by atoms with Gasteiger partial charge in [0.25, 0.3) is 0 Å². The Labute approximate surface area is 127 Å². The number of imidazole rings is 1. The average Bonchev–Trinajstić information content (AvgIpc) is 2.97. The minimum Gasteiger partial charge on any atom is -0.349 e. The Morgan fingerprint density at radius 1 is 1.36 bits per heavy atom. The van der Waals surface area contributed by atoms with Crippen LogP contribution < -0.4 is 5.32 Å². The Hall–Kier alpha value is -2.19. The molecule has 0 aromatic carbocycles. The van der Waals surface area contributed by atoms with Crippen LogP contribution in [0.4, 0.5) is 8.78 Å². The third-order valence-electron chi connectivity index (χ3n) is 3.60. The van der Waals surface area contributed by atoms with E-state index in [1.165, 1.54) is 12.4 Å². The lowest BCUT2D eigenvalue weighted by molar-refractivity contribution is -0.130. The molecule has 22 heavy (non-hydrogen) atoms. The molecule has 0 bridgehead atoms. The largest absolute Gasteiger partial charge is 0.349 e. The van der Waals surface area contributed by atoms with E-state index in [4.69, 9.17) is 0 Å². The quantitative estimate of drug-likeness (QED) is 0.652. The fourth-order valence-corrected chi connectivity index (χ4v) is 2.38. The number of amides is 1. The van der Waals surface area contributed by atoms with Crippen LogP contribution in [-0.4, -0.2) is 64.4 Å². The predicted molar refractivity (Wildman–Crippen MR) is 77.5 cm³/mol. The Balaban J connectivity index is 1.91. The van der Waals surface area contributed by atoms with Crippen LogP contribution in [0.3, 0.4) is 0 Å². The summed E-state index contributed by atoms with van der Waals surface area (Å²) in [6, 6.07) is 0. The van der Waals surface area contributed by atoms with E-state index < -0.39 is 6.55 Å². The SMILES string of the molecule is CN=C(NCc1nccn1C(F)F)N1CCN(C(C)=O)CC1. The predicted octanol–water partition coefficient (Wildman–Crippen LogP) is 0.518. The van der Waals surface area contributed by atoms with Crippen molar-refractivity contribution in [1.29, 1.82) is 0 Å². The van der Waals surface area contributed by atoms with Crippen LogP contribution in [-0.2, 0) is 11.3 Å². The second-order valence-corrected chi connectivity index (χ2v) is 4.92. The number of hydrogen-bond donors (Lipinski definition) is 1. The molecule has 0 aliphatic carbocycles. The summed E-state index contributed by atoms with van der Waals surface area (Å²) < 4.78 is 26.3. The number of nitrogens with one attached hydrogen (secondary N) is 1. The number of hydrogen-bond acceptors (Lipinski definition) is 3. The van der Waals surface area contributed by atoms with Crippen molar-refractivity contribution in [3.05, 3.63) is 18.2 Å². The third-order valence-corrected chi connectivity index (χ3v) is 3.60. The number of halogens is 2. The van der Waals surface area contributed by atoms with Crippen LogP contribution in [0.25, 0.3) is 0 Å². The average molecular weight is 314 g/mol. The topological polar surface area (TPSA) is 65.8 Å². The van der Waals surface area contributed by atoms with Crippen molar-refractivity contribution < 1.29 is 13.6 Å². The zero-order chi connectivity index (χ0) is 16.1. The maximum atomic E-state index is 12.8. The van der Waals surface area contributed by atoms with Crippen molar-refractivity contribution in [2.45, 2.75) is 20.0 Å². The minimum atomic E-state index is -2.61. The van der Waals surface area contributed by atoms with Gasteiger partial charge in [-0.2, -0.15) is 8.78 Å². The van der Waals surface area contributed by atoms with Crippen molar-refractivity contribution in [2.75, 3.05) is 33.2 Å². The lowest BCUT2D eigenvalue weighted by Crippen LogP contribution is -2.53. The number of piperazine rings is 1. The molecule has 1 N–H and O–H groups in total. The van der Waals surface area contributed by atoms with E-state index >= 15 is 0 Å². The number of rotatable bonds is 3. The summed E-state index contributed by atoms with van der Waals surface area (Å²) in [4.78, 5) is 23.2. The zero-order valence-electron chi connectivity index (χ0n) is 12.7. The molecule has 0 spiro atoms. The Kier molecular flexibility index (Phi) is 5.29. The lowest BCUT2D eigenvalue weighted by Gasteiger charge is -2.36. The highest BCUT2D eigenvalue weighted by atomic mass is 19.3. The molecular weight excluding hydrogens is 294 g/mol. The summed E-state index contributed by atoms with van der Waals surface area (Å²) in [6.07, 6.45) is 2.59. The number of alkyl halides is 2. The van der Waals surface area contributed by atoms with Crippen molar-refractivity contribution in [1.82, 2.24) is 24.7 Å². The monoisotopic (exact) mass is 314 g/mol. The van der Waals surface area contributed by atoms with Crippen LogP contribution in [0.2, 0.25) is 0 Å². The first kappa shape index (κ1) is 16.2. The smallest absolute Gasteiger partial charge is 0.319 e. The molecule has 7 nitrogen and oxygen atoms in total. The fraction of sp³-hybridized carbons (Fsp3) is 0.615. The number of aliphatic imine (C=N–C) groups is 1. The van der Waals surface area contributed by atoms with Crippen LogP contribution >= 0.6 is 0 Å². The van der Waals surface area contributed by atoms with Gasteiger partial charge in [0.2, 0.25) is 5.91 Å². The van der Waals surface area contributed by atoms with Gasteiger partial charge in [-0.05, 0) is 0 Å². The van der Waals surface area contributed by atoms with Crippen molar-refractivity contribution >= 4 is 11.9 Å². The maximum absolute atomic E-state index is 12.8. The van der Waals surface area contributed by atoms with Gasteiger partial charge < -0.3 is 15.1 Å². The van der Waals surface area contributed by atoms with Gasteiger partial charge in [0.05, 0.1) is 6.54 Å². The first-order chi connectivity index (χ1) is 10.5. The summed E-state index contributed by atoms with van der Waals surface area (Å²) in [7, 11) is 1.64. The number of carbonyl (C=O) groups is 1. The standard InChI is InChI=1S/C13H20F2N6O/c1-10(22)19-5-7-20(8-6-19)13(16-2)18-9-11-17-3-4-21(11)12(14)15/h3-4,12H,5-9H2,1-2H3,(H,16,18). The fourth-order valence-electron chi connectivity index (χ4n) is 2.38. The molecule has 0 saturated carbocycles. The number of aromatic nitrogens is 2. The van der Waals surface area contributed by atoms with E-state index in [1.807, 2.05) is 4.90 Å². The van der Waals surface area contributed by atoms with Crippen molar-refractivity contribution in [3.8, 4) is 0 Å². The summed E-state index contributed by atoms with van der Waals surface area (Å²) in [6.45, 7) is 1.67. The second-order valence-electron chi connectivity index (χ2n) is 4.92. The van der Waals surface area contributed by atoms with Crippen LogP contribution in [0.15, 0.2) is 17.4 Å². The van der Waals surface area contributed by atoms with Gasteiger partial charge in [-0.25, -0.2) is 4.98 Å². The molecule has 0 atom stereocenters. The normalized spacial score (nSPS) is 16.3. The highest BCUT2D eigenvalue weighted by molar-refractivity contribution is 5.80. The Morgan fingerprint density at radius 3 is 2.55 bits per heavy atom. The summed E-state index contributed by atoms with van der Waals surface area (Å²) in [5.41, 5.74) is 0. The number of carbonyl (C=O) groups excluding carboxylic acids is 1. The van der Waals surface area contributed by atoms with Gasteiger partial charge in [0, 0.05) is 52.5 Å². The van der Waals surface area contributed by atoms with E-state index in [2.05, 4.69) is 15.3 Å². The van der Waals surface area contributed by atoms with Gasteiger partial charge >= 0.3 is 6.55 Å². The summed E-state index contributed by atoms with van der Waals surface area (Å²) in [5.74, 6) is 0.923. The molecule has 1 aromatic rings. The number of guanidine groups is 1. The van der Waals surface area contributed by atoms with E-state index in [0.717, 1.165) is 4.57 Å². The van der Waals surface area contributed by atoms with E-state index in [0.29, 0.717) is 32.1 Å². The van der Waals surface area contributed by atoms with Crippen LogP contribution in [0, 0.1) is 0 Å². The summed E-state index contributed by atoms with van der Waals surface area (Å²) >= 11 is 0. The number of nitrogens with zero attached hydrogens (tertiary/aromatic N) is 5. The highest BCUT2D eigenvalue weighted by Crippen LogP contribution is 2.12. The third kappa shape index (κ3) is 3.71. The van der Waals surface area contributed by atoms with Crippen LogP contribution in [0.5, 0.6) is 0 Å². The molecule has 2 rings (SSSR count). The molecule has 2 heterocycles. The molecule has 1 aliphatic heterocycles. The molecule has 1 amide bonds. The molecule has 122 valence electrons. The first-order valence-corrected chi connectivity index (χ1v) is 7.04. The van der Waals surface area contributed by atoms with Crippen LogP contribution in [0.1, 0.15) is 19.3 Å². The Bertz CT molecular complexity index is 536. The van der Waals surface area contributed by atoms with E-state index in [-0.39, 0.29) is 18.3 Å². The summed E-state index contributed by atoms with van der Waals surface area (Å²) in [5, 5.41) is 3.04. The molecule has 0 radical (unpaired) electrons. The Morgan fingerprint density at radius 2 is 2.00 bits per heavy atom. The first-order valence-electron chi connectivity index (χ1n) is 7.04. The molecule has 1 fully saturated rings. The molecular formula is C13H20F2N6O. The second kappa shape index (κ2) is 7.19. The van der Waals surface area contributed by atoms with Crippen molar-refractivity contribution in [3.63, 3.8) is 0 Å². The molecule has 1 aromatic heterocycles. The molecule has 0 unspecified atom stereocenters. The van der Waals surface area contributed by atoms with Gasteiger partial charge in [-0.1, -0.05) is 0 Å². The van der Waals surface area contributed by atoms with E-state index in [9.17, 15) is 13.6 Å². The van der Waals surface area contributed by atoms with Crippen molar-refractivity contribution in [2.24, 2.45) is 4.99 Å². The van der Waals surface area contributed by atoms with Gasteiger partial charge in [-0.3, -0.25) is 14.4 Å². The molecule has 9 heteroatoms. The lowest BCUT2D eigenvalue weighted by atomic mass is 10.3. The van der Waals surface area contributed by atoms with Gasteiger partial charge in [0.15, 0.2) is 5.96 Å². The molecule has 1 saturated heterocycles. The van der Waals surface area contributed by atoms with E-state index in [1.54, 1.807) is 18.9 Å². The zero-order valence-corrected chi connectivity index (χ0v) is 12.7.